The van der Waals surface area contributed by atoms with Gasteiger partial charge in [0.2, 0.25) is 5.91 Å². The molecule has 3 amide bonds. The summed E-state index contributed by atoms with van der Waals surface area (Å²) in [6.45, 7) is 0.613. The fourth-order valence-corrected chi connectivity index (χ4v) is 4.03. The first kappa shape index (κ1) is 20.9. The molecule has 0 radical (unpaired) electrons. The summed E-state index contributed by atoms with van der Waals surface area (Å²) in [6, 6.07) is 23.9. The Hall–Kier alpha value is -3.93. The number of imide groups is 1. The second kappa shape index (κ2) is 8.90. The summed E-state index contributed by atoms with van der Waals surface area (Å²) in [6.07, 6.45) is 2.12. The normalized spacial score (nSPS) is 14.8. The highest BCUT2D eigenvalue weighted by Gasteiger charge is 2.38. The molecule has 2 aliphatic rings. The van der Waals surface area contributed by atoms with Crippen LogP contribution in [0.15, 0.2) is 78.9 Å². The Morgan fingerprint density at radius 3 is 2.12 bits per heavy atom. The number of hydrogen-bond acceptors (Lipinski definition) is 4. The third-order valence-electron chi connectivity index (χ3n) is 6.00. The molecule has 1 heterocycles. The highest BCUT2D eigenvalue weighted by atomic mass is 16.5. The van der Waals surface area contributed by atoms with Crippen LogP contribution in [0.2, 0.25) is 0 Å². The van der Waals surface area contributed by atoms with Crippen LogP contribution in [-0.4, -0.2) is 35.7 Å². The van der Waals surface area contributed by atoms with E-state index in [4.69, 9.17) is 4.74 Å². The van der Waals surface area contributed by atoms with E-state index >= 15 is 0 Å². The van der Waals surface area contributed by atoms with Gasteiger partial charge in [-0.15, -0.1) is 0 Å². The topological polar surface area (TPSA) is 66.9 Å². The monoisotopic (exact) mass is 440 g/mol. The summed E-state index contributed by atoms with van der Waals surface area (Å²) in [5.74, 6) is -0.143. The third kappa shape index (κ3) is 4.37. The molecule has 0 N–H and O–H groups in total. The standard InChI is InChI=1S/C27H24N2O4/c30-25(17-29-26(31)21-10-4-5-11-22(21)27(29)32)28(16-19-14-15-19)23-12-6-7-13-24(23)33-18-20-8-2-1-3-9-20/h1-13,19H,14-18H2. The number of anilines is 1. The van der Waals surface area contributed by atoms with Gasteiger partial charge in [-0.05, 0) is 48.6 Å². The molecule has 3 aromatic rings. The molecule has 5 rings (SSSR count). The second-order valence-corrected chi connectivity index (χ2v) is 8.43. The first-order valence-corrected chi connectivity index (χ1v) is 11.1. The molecule has 1 saturated carbocycles. The van der Waals surface area contributed by atoms with Gasteiger partial charge in [-0.3, -0.25) is 19.3 Å². The van der Waals surface area contributed by atoms with Crippen LogP contribution in [0.25, 0.3) is 0 Å². The molecule has 0 atom stereocenters. The van der Waals surface area contributed by atoms with Gasteiger partial charge >= 0.3 is 0 Å². The minimum atomic E-state index is -0.427. The number of rotatable bonds is 8. The Balaban J connectivity index is 1.38. The van der Waals surface area contributed by atoms with E-state index in [1.807, 2.05) is 54.6 Å². The minimum Gasteiger partial charge on any atom is -0.487 e. The van der Waals surface area contributed by atoms with Crippen molar-refractivity contribution in [1.82, 2.24) is 4.90 Å². The van der Waals surface area contributed by atoms with Crippen molar-refractivity contribution in [2.24, 2.45) is 5.92 Å². The summed E-state index contributed by atoms with van der Waals surface area (Å²) < 4.78 is 6.08. The number of para-hydroxylation sites is 2. The second-order valence-electron chi connectivity index (χ2n) is 8.43. The number of carbonyl (C=O) groups is 3. The highest BCUT2D eigenvalue weighted by molar-refractivity contribution is 6.22. The number of carbonyl (C=O) groups excluding carboxylic acids is 3. The Morgan fingerprint density at radius 2 is 1.45 bits per heavy atom. The molecule has 3 aromatic carbocycles. The van der Waals surface area contributed by atoms with Gasteiger partial charge in [0.25, 0.3) is 11.8 Å². The fourth-order valence-electron chi connectivity index (χ4n) is 4.03. The van der Waals surface area contributed by atoms with Gasteiger partial charge in [0.1, 0.15) is 18.9 Å². The summed E-state index contributed by atoms with van der Waals surface area (Å²) in [5.41, 5.74) is 2.37. The molecule has 166 valence electrons. The largest absolute Gasteiger partial charge is 0.487 e. The van der Waals surface area contributed by atoms with E-state index in [1.165, 1.54) is 0 Å². The van der Waals surface area contributed by atoms with Crippen molar-refractivity contribution < 1.29 is 19.1 Å². The van der Waals surface area contributed by atoms with Crippen molar-refractivity contribution in [2.75, 3.05) is 18.0 Å². The van der Waals surface area contributed by atoms with E-state index in [-0.39, 0.29) is 12.5 Å². The van der Waals surface area contributed by atoms with Crippen LogP contribution in [0.3, 0.4) is 0 Å². The predicted octanol–water partition coefficient (Wildman–Crippen LogP) is 4.30. The van der Waals surface area contributed by atoms with Crippen molar-refractivity contribution in [3.8, 4) is 5.75 Å². The van der Waals surface area contributed by atoms with E-state index < -0.39 is 11.8 Å². The lowest BCUT2D eigenvalue weighted by molar-refractivity contribution is -0.119. The van der Waals surface area contributed by atoms with Gasteiger partial charge in [0, 0.05) is 6.54 Å². The predicted molar refractivity (Wildman–Crippen MR) is 124 cm³/mol. The van der Waals surface area contributed by atoms with Crippen LogP contribution in [-0.2, 0) is 11.4 Å². The maximum absolute atomic E-state index is 13.5. The molecule has 0 bridgehead atoms. The van der Waals surface area contributed by atoms with Gasteiger partial charge in [-0.25, -0.2) is 0 Å². The number of fused-ring (bicyclic) bond motifs is 1. The number of ether oxygens (including phenoxy) is 1. The zero-order valence-electron chi connectivity index (χ0n) is 18.1. The SMILES string of the molecule is O=C1c2ccccc2C(=O)N1CC(=O)N(CC1CC1)c1ccccc1OCc1ccccc1. The van der Waals surface area contributed by atoms with Crippen LogP contribution >= 0.6 is 0 Å². The number of nitrogens with zero attached hydrogens (tertiary/aromatic N) is 2. The summed E-state index contributed by atoms with van der Waals surface area (Å²) >= 11 is 0. The molecule has 0 unspecified atom stereocenters. The molecule has 33 heavy (non-hydrogen) atoms. The summed E-state index contributed by atoms with van der Waals surface area (Å²) in [4.78, 5) is 41.7. The van der Waals surface area contributed by atoms with E-state index in [2.05, 4.69) is 0 Å². The van der Waals surface area contributed by atoms with Crippen molar-refractivity contribution in [3.63, 3.8) is 0 Å². The molecule has 1 aliphatic carbocycles. The minimum absolute atomic E-state index is 0.299. The van der Waals surface area contributed by atoms with Gasteiger partial charge < -0.3 is 9.64 Å². The van der Waals surface area contributed by atoms with E-state index in [9.17, 15) is 14.4 Å². The fraction of sp³-hybridized carbons (Fsp3) is 0.222. The van der Waals surface area contributed by atoms with Crippen LogP contribution in [0.5, 0.6) is 5.75 Å². The van der Waals surface area contributed by atoms with Crippen LogP contribution in [0, 0.1) is 5.92 Å². The molecule has 0 spiro atoms. The van der Waals surface area contributed by atoms with Crippen molar-refractivity contribution in [3.05, 3.63) is 95.6 Å². The summed E-state index contributed by atoms with van der Waals surface area (Å²) in [5, 5.41) is 0. The van der Waals surface area contributed by atoms with Crippen molar-refractivity contribution in [1.29, 1.82) is 0 Å². The van der Waals surface area contributed by atoms with Crippen LogP contribution in [0.1, 0.15) is 39.1 Å². The lowest BCUT2D eigenvalue weighted by Gasteiger charge is -2.27. The Bertz CT molecular complexity index is 1170. The zero-order valence-corrected chi connectivity index (χ0v) is 18.1. The maximum Gasteiger partial charge on any atom is 0.262 e. The zero-order chi connectivity index (χ0) is 22.8. The Morgan fingerprint density at radius 1 is 0.848 bits per heavy atom. The molecule has 1 aliphatic heterocycles. The molecule has 1 fully saturated rings. The van der Waals surface area contributed by atoms with Crippen molar-refractivity contribution in [2.45, 2.75) is 19.4 Å². The average molecular weight is 440 g/mol. The summed E-state index contributed by atoms with van der Waals surface area (Å²) in [7, 11) is 0. The molecular weight excluding hydrogens is 416 g/mol. The van der Waals surface area contributed by atoms with E-state index in [1.54, 1.807) is 29.2 Å². The van der Waals surface area contributed by atoms with E-state index in [0.29, 0.717) is 41.6 Å². The first-order chi connectivity index (χ1) is 16.1. The molecule has 6 heteroatoms. The average Bonchev–Trinajstić information content (AvgIpc) is 3.65. The molecule has 6 nitrogen and oxygen atoms in total. The first-order valence-electron chi connectivity index (χ1n) is 11.1. The van der Waals surface area contributed by atoms with Crippen molar-refractivity contribution >= 4 is 23.4 Å². The third-order valence-corrected chi connectivity index (χ3v) is 6.00. The Kier molecular flexibility index (Phi) is 5.65. The van der Waals surface area contributed by atoms with Gasteiger partial charge in [-0.1, -0.05) is 54.6 Å². The smallest absolute Gasteiger partial charge is 0.262 e. The molecule has 0 saturated heterocycles. The van der Waals surface area contributed by atoms with Crippen LogP contribution in [0.4, 0.5) is 5.69 Å². The van der Waals surface area contributed by atoms with Gasteiger partial charge in [0.05, 0.1) is 16.8 Å². The number of hydrogen-bond donors (Lipinski definition) is 0. The Labute approximate surface area is 192 Å². The molecular formula is C27H24N2O4. The van der Waals surface area contributed by atoms with E-state index in [0.717, 1.165) is 23.3 Å². The highest BCUT2D eigenvalue weighted by Crippen LogP contribution is 2.35. The maximum atomic E-state index is 13.5. The lowest BCUT2D eigenvalue weighted by Crippen LogP contribution is -2.43. The number of amides is 3. The number of benzene rings is 3. The lowest BCUT2D eigenvalue weighted by atomic mass is 10.1. The van der Waals surface area contributed by atoms with Gasteiger partial charge in [-0.2, -0.15) is 0 Å². The molecule has 0 aromatic heterocycles. The van der Waals surface area contributed by atoms with Crippen LogP contribution < -0.4 is 9.64 Å². The van der Waals surface area contributed by atoms with Gasteiger partial charge in [0.15, 0.2) is 0 Å². The quantitative estimate of drug-likeness (QED) is 0.490.